The first-order valence-electron chi connectivity index (χ1n) is 15.2. The number of ether oxygens (including phenoxy) is 2. The summed E-state index contributed by atoms with van der Waals surface area (Å²) in [6.07, 6.45) is 3.67. The molecule has 6 rings (SSSR count). The molecule has 0 atom stereocenters. The van der Waals surface area contributed by atoms with E-state index >= 15 is 0 Å². The Labute approximate surface area is 254 Å². The summed E-state index contributed by atoms with van der Waals surface area (Å²) in [6, 6.07) is 22.0. The van der Waals surface area contributed by atoms with Crippen LogP contribution in [0.4, 0.5) is 5.69 Å². The molecule has 10 nitrogen and oxygen atoms in total. The lowest BCUT2D eigenvalue weighted by atomic mass is 9.81. The SMILES string of the molecule is O=C(Cn1c(=O)n(CC2CCC(C(=O)NCCc3ccccc3)CC2)c(=O)c2ccccc21)Nc1ccc2c(c1)OCCO2. The molecule has 1 aromatic heterocycles. The summed E-state index contributed by atoms with van der Waals surface area (Å²) in [5, 5.41) is 6.27. The predicted octanol–water partition coefficient (Wildman–Crippen LogP) is 3.74. The van der Waals surface area contributed by atoms with E-state index in [1.165, 1.54) is 14.7 Å². The zero-order valence-electron chi connectivity index (χ0n) is 24.5. The first-order chi connectivity index (χ1) is 21.5. The number of carbonyl (C=O) groups excluding carboxylic acids is 2. The molecule has 2 heterocycles. The number of aromatic nitrogens is 2. The van der Waals surface area contributed by atoms with E-state index in [2.05, 4.69) is 10.6 Å². The monoisotopic (exact) mass is 596 g/mol. The van der Waals surface area contributed by atoms with Crippen LogP contribution >= 0.6 is 0 Å². The van der Waals surface area contributed by atoms with E-state index in [9.17, 15) is 19.2 Å². The molecule has 0 unspecified atom stereocenters. The van der Waals surface area contributed by atoms with Gasteiger partial charge in [-0.25, -0.2) is 4.79 Å². The van der Waals surface area contributed by atoms with Crippen molar-refractivity contribution in [1.82, 2.24) is 14.5 Å². The minimum Gasteiger partial charge on any atom is -0.486 e. The molecule has 1 saturated carbocycles. The second-order valence-electron chi connectivity index (χ2n) is 11.5. The number of benzene rings is 3. The fourth-order valence-electron chi connectivity index (χ4n) is 6.13. The molecule has 1 aliphatic carbocycles. The Morgan fingerprint density at radius 1 is 0.818 bits per heavy atom. The quantitative estimate of drug-likeness (QED) is 0.304. The van der Waals surface area contributed by atoms with Crippen LogP contribution in [0.15, 0.2) is 82.4 Å². The summed E-state index contributed by atoms with van der Waals surface area (Å²) in [7, 11) is 0. The van der Waals surface area contributed by atoms with Gasteiger partial charge in [0.15, 0.2) is 11.5 Å². The average Bonchev–Trinajstić information content (AvgIpc) is 3.05. The number of nitrogens with one attached hydrogen (secondary N) is 2. The first kappa shape index (κ1) is 29.2. The minimum atomic E-state index is -0.521. The standard InChI is InChI=1S/C34H36N4O6/c39-31(36-26-14-15-29-30(20-26)44-19-18-43-29)22-37-28-9-5-4-8-27(28)33(41)38(34(37)42)21-24-10-12-25(13-11-24)32(40)35-17-16-23-6-2-1-3-7-23/h1-9,14-15,20,24-25H,10-13,16-19,21-22H2,(H,35,40)(H,36,39). The third-order valence-corrected chi connectivity index (χ3v) is 8.47. The lowest BCUT2D eigenvalue weighted by Gasteiger charge is -2.28. The van der Waals surface area contributed by atoms with Gasteiger partial charge in [-0.15, -0.1) is 0 Å². The van der Waals surface area contributed by atoms with Crippen molar-refractivity contribution in [2.24, 2.45) is 11.8 Å². The summed E-state index contributed by atoms with van der Waals surface area (Å²) in [4.78, 5) is 53.1. The number of fused-ring (bicyclic) bond motifs is 2. The van der Waals surface area contributed by atoms with Crippen LogP contribution < -0.4 is 31.4 Å². The van der Waals surface area contributed by atoms with Gasteiger partial charge >= 0.3 is 5.69 Å². The second kappa shape index (κ2) is 13.2. The lowest BCUT2D eigenvalue weighted by molar-refractivity contribution is -0.126. The molecule has 2 N–H and O–H groups in total. The molecule has 4 aromatic rings. The van der Waals surface area contributed by atoms with Crippen LogP contribution in [0.5, 0.6) is 11.5 Å². The van der Waals surface area contributed by atoms with Gasteiger partial charge in [0, 0.05) is 30.8 Å². The number of amides is 2. The Balaban J connectivity index is 1.12. The molecule has 3 aromatic carbocycles. The number of hydrogen-bond donors (Lipinski definition) is 2. The van der Waals surface area contributed by atoms with E-state index in [1.54, 1.807) is 42.5 Å². The minimum absolute atomic E-state index is 0.0636. The number of anilines is 1. The Bertz CT molecular complexity index is 1770. The smallest absolute Gasteiger partial charge is 0.331 e. The molecule has 10 heteroatoms. The highest BCUT2D eigenvalue weighted by atomic mass is 16.6. The van der Waals surface area contributed by atoms with Crippen molar-refractivity contribution in [3.05, 3.63) is 99.2 Å². The average molecular weight is 597 g/mol. The van der Waals surface area contributed by atoms with Crippen molar-refractivity contribution in [1.29, 1.82) is 0 Å². The molecule has 0 spiro atoms. The molecule has 2 aliphatic rings. The van der Waals surface area contributed by atoms with E-state index in [0.29, 0.717) is 60.7 Å². The van der Waals surface area contributed by atoms with E-state index in [0.717, 1.165) is 19.3 Å². The van der Waals surface area contributed by atoms with Gasteiger partial charge in [-0.2, -0.15) is 0 Å². The summed E-state index contributed by atoms with van der Waals surface area (Å²) in [5.74, 6) is 0.823. The predicted molar refractivity (Wildman–Crippen MR) is 167 cm³/mol. The molecule has 0 bridgehead atoms. The van der Waals surface area contributed by atoms with Crippen molar-refractivity contribution in [3.63, 3.8) is 0 Å². The zero-order chi connectivity index (χ0) is 30.5. The number of para-hydroxylation sites is 1. The molecule has 2 amide bonds. The zero-order valence-corrected chi connectivity index (χ0v) is 24.5. The third kappa shape index (κ3) is 6.54. The normalized spacial score (nSPS) is 17.6. The van der Waals surface area contributed by atoms with E-state index in [1.807, 2.05) is 30.3 Å². The van der Waals surface area contributed by atoms with Crippen molar-refractivity contribution in [2.75, 3.05) is 25.1 Å². The highest BCUT2D eigenvalue weighted by Crippen LogP contribution is 2.33. The molecule has 0 radical (unpaired) electrons. The fourth-order valence-corrected chi connectivity index (χ4v) is 6.13. The molecule has 1 fully saturated rings. The number of carbonyl (C=O) groups is 2. The maximum Gasteiger partial charge on any atom is 0.331 e. The van der Waals surface area contributed by atoms with Crippen molar-refractivity contribution in [3.8, 4) is 11.5 Å². The van der Waals surface area contributed by atoms with Crippen LogP contribution in [0.1, 0.15) is 31.2 Å². The van der Waals surface area contributed by atoms with Gasteiger partial charge in [0.2, 0.25) is 11.8 Å². The summed E-state index contributed by atoms with van der Waals surface area (Å²) < 4.78 is 13.8. The highest BCUT2D eigenvalue weighted by molar-refractivity contribution is 5.92. The molecule has 228 valence electrons. The molecular formula is C34H36N4O6. The Morgan fingerprint density at radius 2 is 1.55 bits per heavy atom. The van der Waals surface area contributed by atoms with E-state index in [-0.39, 0.29) is 36.4 Å². The Kier molecular flexibility index (Phi) is 8.76. The van der Waals surface area contributed by atoms with Crippen molar-refractivity contribution >= 4 is 28.4 Å². The van der Waals surface area contributed by atoms with Gasteiger partial charge < -0.3 is 20.1 Å². The van der Waals surface area contributed by atoms with Crippen LogP contribution in [0.25, 0.3) is 10.9 Å². The highest BCUT2D eigenvalue weighted by Gasteiger charge is 2.27. The molecule has 0 saturated heterocycles. The Morgan fingerprint density at radius 3 is 2.34 bits per heavy atom. The second-order valence-corrected chi connectivity index (χ2v) is 11.5. The van der Waals surface area contributed by atoms with Crippen molar-refractivity contribution < 1.29 is 19.1 Å². The molecule has 44 heavy (non-hydrogen) atoms. The molecular weight excluding hydrogens is 560 g/mol. The van der Waals surface area contributed by atoms with Gasteiger partial charge in [0.25, 0.3) is 5.56 Å². The van der Waals surface area contributed by atoms with Gasteiger partial charge in [-0.3, -0.25) is 23.5 Å². The largest absolute Gasteiger partial charge is 0.486 e. The van der Waals surface area contributed by atoms with Crippen LogP contribution in [-0.2, 0) is 29.1 Å². The van der Waals surface area contributed by atoms with Crippen LogP contribution in [0.2, 0.25) is 0 Å². The number of rotatable bonds is 9. The van der Waals surface area contributed by atoms with E-state index in [4.69, 9.17) is 9.47 Å². The first-order valence-corrected chi connectivity index (χ1v) is 15.2. The van der Waals surface area contributed by atoms with Gasteiger partial charge in [-0.05, 0) is 67.9 Å². The third-order valence-electron chi connectivity index (χ3n) is 8.47. The summed E-state index contributed by atoms with van der Waals surface area (Å²) in [5.41, 5.74) is 1.23. The van der Waals surface area contributed by atoms with Gasteiger partial charge in [0.1, 0.15) is 19.8 Å². The van der Waals surface area contributed by atoms with Crippen LogP contribution in [0, 0.1) is 11.8 Å². The maximum atomic E-state index is 13.7. The van der Waals surface area contributed by atoms with Crippen molar-refractivity contribution in [2.45, 2.75) is 45.2 Å². The maximum absolute atomic E-state index is 13.7. The summed E-state index contributed by atoms with van der Waals surface area (Å²) >= 11 is 0. The van der Waals surface area contributed by atoms with E-state index < -0.39 is 11.6 Å². The topological polar surface area (TPSA) is 121 Å². The fraction of sp³-hybridized carbons (Fsp3) is 0.353. The van der Waals surface area contributed by atoms with Crippen LogP contribution in [-0.4, -0.2) is 40.7 Å². The summed E-state index contributed by atoms with van der Waals surface area (Å²) in [6.45, 7) is 1.48. The molecule has 1 aliphatic heterocycles. The lowest BCUT2D eigenvalue weighted by Crippen LogP contribution is -2.43. The number of hydrogen-bond acceptors (Lipinski definition) is 6. The van der Waals surface area contributed by atoms with Gasteiger partial charge in [-0.1, -0.05) is 42.5 Å². The number of nitrogens with zero attached hydrogens (tertiary/aromatic N) is 2. The van der Waals surface area contributed by atoms with Crippen LogP contribution in [0.3, 0.4) is 0 Å². The Hall–Kier alpha value is -4.86. The van der Waals surface area contributed by atoms with Gasteiger partial charge in [0.05, 0.1) is 10.9 Å².